The number of rotatable bonds is 9. The number of amides is 2. The molecule has 2 aromatic carbocycles. The second kappa shape index (κ2) is 10.3. The van der Waals surface area contributed by atoms with Crippen molar-refractivity contribution in [1.29, 1.82) is 0 Å². The van der Waals surface area contributed by atoms with Crippen LogP contribution >= 0.6 is 0 Å². The van der Waals surface area contributed by atoms with Crippen molar-refractivity contribution in [2.75, 3.05) is 20.2 Å². The maximum absolute atomic E-state index is 12.6. The number of carboxylic acid groups (broad SMARTS) is 1. The van der Waals surface area contributed by atoms with Gasteiger partial charge in [0.05, 0.1) is 5.92 Å². The lowest BCUT2D eigenvalue weighted by molar-refractivity contribution is -0.151. The molecule has 0 radical (unpaired) electrons. The number of nitrogens with one attached hydrogen (secondary N) is 1. The number of nitrogens with zero attached hydrogens (tertiary/aromatic N) is 1. The molecule has 34 heavy (non-hydrogen) atoms. The Bertz CT molecular complexity index is 1020. The average Bonchev–Trinajstić information content (AvgIpc) is 3.12. The third-order valence-corrected chi connectivity index (χ3v) is 7.21. The van der Waals surface area contributed by atoms with Crippen LogP contribution in [0.4, 0.5) is 4.79 Å². The summed E-state index contributed by atoms with van der Waals surface area (Å²) in [4.78, 5) is 37.5. The third kappa shape index (κ3) is 4.93. The van der Waals surface area contributed by atoms with Crippen molar-refractivity contribution in [3.05, 3.63) is 59.7 Å². The van der Waals surface area contributed by atoms with Gasteiger partial charge in [0.2, 0.25) is 5.91 Å². The van der Waals surface area contributed by atoms with Crippen molar-refractivity contribution in [2.24, 2.45) is 11.8 Å². The van der Waals surface area contributed by atoms with Crippen LogP contribution in [0.2, 0.25) is 0 Å². The number of hydrogen-bond acceptors (Lipinski definition) is 4. The molecule has 7 nitrogen and oxygen atoms in total. The number of alkyl carbamates (subject to hydrolysis) is 1. The Balaban J connectivity index is 1.18. The monoisotopic (exact) mass is 464 g/mol. The first-order valence-electron chi connectivity index (χ1n) is 11.9. The maximum atomic E-state index is 12.6. The molecule has 0 aromatic heterocycles. The molecule has 1 saturated carbocycles. The molecule has 0 heterocycles. The predicted molar refractivity (Wildman–Crippen MR) is 128 cm³/mol. The lowest BCUT2D eigenvalue weighted by Crippen LogP contribution is -2.49. The zero-order chi connectivity index (χ0) is 24.2. The molecule has 2 N–H and O–H groups in total. The van der Waals surface area contributed by atoms with Gasteiger partial charge in [-0.15, -0.1) is 0 Å². The number of carboxylic acids is 1. The molecule has 1 unspecified atom stereocenters. The Hall–Kier alpha value is -3.35. The summed E-state index contributed by atoms with van der Waals surface area (Å²) in [7, 11) is 1.75. The van der Waals surface area contributed by atoms with E-state index in [1.165, 1.54) is 22.3 Å². The summed E-state index contributed by atoms with van der Waals surface area (Å²) >= 11 is 0. The van der Waals surface area contributed by atoms with Crippen molar-refractivity contribution in [1.82, 2.24) is 10.2 Å². The summed E-state index contributed by atoms with van der Waals surface area (Å²) in [5, 5.41) is 11.8. The minimum absolute atomic E-state index is 0.00926. The molecule has 0 spiro atoms. The van der Waals surface area contributed by atoms with Crippen LogP contribution in [0.1, 0.15) is 49.7 Å². The second-order valence-corrected chi connectivity index (χ2v) is 9.41. The summed E-state index contributed by atoms with van der Waals surface area (Å²) in [6, 6.07) is 16.4. The van der Waals surface area contributed by atoms with Crippen LogP contribution in [-0.4, -0.2) is 54.2 Å². The number of fused-ring (bicyclic) bond motifs is 3. The molecule has 1 fully saturated rings. The highest BCUT2D eigenvalue weighted by Gasteiger charge is 2.39. The molecular weight excluding hydrogens is 432 g/mol. The van der Waals surface area contributed by atoms with Gasteiger partial charge in [0, 0.05) is 31.5 Å². The van der Waals surface area contributed by atoms with Gasteiger partial charge >= 0.3 is 12.1 Å². The van der Waals surface area contributed by atoms with Crippen LogP contribution < -0.4 is 5.32 Å². The van der Waals surface area contributed by atoms with E-state index in [4.69, 9.17) is 9.84 Å². The van der Waals surface area contributed by atoms with Crippen LogP contribution in [0.15, 0.2) is 48.5 Å². The van der Waals surface area contributed by atoms with Crippen LogP contribution in [0, 0.1) is 11.8 Å². The van der Waals surface area contributed by atoms with Crippen LogP contribution in [0.5, 0.6) is 0 Å². The SMILES string of the molecule is CC(CCCNC(=O)OCC1c2ccccc2-c2ccccc21)C(=O)N(C)C1CC(C(=O)O)C1. The molecule has 0 bridgehead atoms. The van der Waals surface area contributed by atoms with E-state index >= 15 is 0 Å². The first kappa shape index (κ1) is 23.8. The minimum atomic E-state index is -0.788. The highest BCUT2D eigenvalue weighted by Crippen LogP contribution is 2.44. The molecule has 1 atom stereocenters. The molecule has 2 aromatic rings. The summed E-state index contributed by atoms with van der Waals surface area (Å²) in [6.07, 6.45) is 1.89. The summed E-state index contributed by atoms with van der Waals surface area (Å²) < 4.78 is 5.54. The zero-order valence-electron chi connectivity index (χ0n) is 19.7. The quantitative estimate of drug-likeness (QED) is 0.541. The Morgan fingerprint density at radius 3 is 2.24 bits per heavy atom. The molecule has 2 aliphatic rings. The van der Waals surface area contributed by atoms with Crippen molar-refractivity contribution >= 4 is 18.0 Å². The number of carbonyl (C=O) groups excluding carboxylic acids is 2. The number of carbonyl (C=O) groups is 3. The van der Waals surface area contributed by atoms with Crippen LogP contribution in [0.25, 0.3) is 11.1 Å². The highest BCUT2D eigenvalue weighted by atomic mass is 16.5. The van der Waals surface area contributed by atoms with E-state index in [0.29, 0.717) is 32.2 Å². The van der Waals surface area contributed by atoms with Gasteiger partial charge in [-0.05, 0) is 47.9 Å². The average molecular weight is 465 g/mol. The number of ether oxygens (including phenoxy) is 1. The Morgan fingerprint density at radius 1 is 1.06 bits per heavy atom. The minimum Gasteiger partial charge on any atom is -0.481 e. The first-order valence-corrected chi connectivity index (χ1v) is 11.9. The van der Waals surface area contributed by atoms with Crippen LogP contribution in [0.3, 0.4) is 0 Å². The fourth-order valence-electron chi connectivity index (χ4n) is 5.00. The fourth-order valence-corrected chi connectivity index (χ4v) is 5.00. The molecule has 2 amide bonds. The topological polar surface area (TPSA) is 95.9 Å². The van der Waals surface area contributed by atoms with Gasteiger partial charge in [-0.3, -0.25) is 9.59 Å². The molecule has 180 valence electrons. The highest BCUT2D eigenvalue weighted by molar-refractivity contribution is 5.80. The van der Waals surface area contributed by atoms with Crippen molar-refractivity contribution in [3.63, 3.8) is 0 Å². The molecule has 7 heteroatoms. The van der Waals surface area contributed by atoms with Gasteiger partial charge in [0.25, 0.3) is 0 Å². The van der Waals surface area contributed by atoms with Crippen molar-refractivity contribution < 1.29 is 24.2 Å². The van der Waals surface area contributed by atoms with E-state index in [0.717, 1.165) is 0 Å². The lowest BCUT2D eigenvalue weighted by atomic mass is 9.79. The van der Waals surface area contributed by atoms with Gasteiger partial charge in [0.15, 0.2) is 0 Å². The Labute approximate surface area is 200 Å². The van der Waals surface area contributed by atoms with E-state index in [1.54, 1.807) is 11.9 Å². The third-order valence-electron chi connectivity index (χ3n) is 7.21. The standard InChI is InChI=1S/C27H32N2O5/c1-17(25(30)29(2)19-14-18(15-19)26(31)32)8-7-13-28-27(33)34-16-24-22-11-5-3-9-20(22)21-10-4-6-12-23(21)24/h3-6,9-12,17-19,24H,7-8,13-16H2,1-2H3,(H,28,33)(H,31,32). The Kier molecular flexibility index (Phi) is 7.20. The molecular formula is C27H32N2O5. The maximum Gasteiger partial charge on any atom is 0.407 e. The van der Waals surface area contributed by atoms with E-state index in [1.807, 2.05) is 31.2 Å². The van der Waals surface area contributed by atoms with E-state index in [-0.39, 0.29) is 36.3 Å². The molecule has 0 saturated heterocycles. The summed E-state index contributed by atoms with van der Waals surface area (Å²) in [5.74, 6) is -1.26. The van der Waals surface area contributed by atoms with E-state index in [2.05, 4.69) is 29.6 Å². The van der Waals surface area contributed by atoms with E-state index < -0.39 is 12.1 Å². The molecule has 2 aliphatic carbocycles. The van der Waals surface area contributed by atoms with Crippen molar-refractivity contribution in [3.8, 4) is 11.1 Å². The van der Waals surface area contributed by atoms with E-state index in [9.17, 15) is 14.4 Å². The number of hydrogen-bond donors (Lipinski definition) is 2. The van der Waals surface area contributed by atoms with Crippen LogP contribution in [-0.2, 0) is 14.3 Å². The largest absolute Gasteiger partial charge is 0.481 e. The first-order chi connectivity index (χ1) is 16.4. The van der Waals surface area contributed by atoms with Gasteiger partial charge < -0.3 is 20.1 Å². The van der Waals surface area contributed by atoms with Crippen molar-refractivity contribution in [2.45, 2.75) is 44.6 Å². The molecule has 4 rings (SSSR count). The lowest BCUT2D eigenvalue weighted by Gasteiger charge is -2.40. The fraction of sp³-hybridized carbons (Fsp3) is 0.444. The zero-order valence-corrected chi connectivity index (χ0v) is 19.7. The number of benzene rings is 2. The predicted octanol–water partition coefficient (Wildman–Crippen LogP) is 4.26. The summed E-state index contributed by atoms with van der Waals surface area (Å²) in [5.41, 5.74) is 4.73. The smallest absolute Gasteiger partial charge is 0.407 e. The summed E-state index contributed by atoms with van der Waals surface area (Å²) in [6.45, 7) is 2.58. The Morgan fingerprint density at radius 2 is 1.65 bits per heavy atom. The van der Waals surface area contributed by atoms with Gasteiger partial charge in [-0.25, -0.2) is 4.79 Å². The normalized spacial score (nSPS) is 19.4. The molecule has 0 aliphatic heterocycles. The van der Waals surface area contributed by atoms with Gasteiger partial charge in [-0.2, -0.15) is 0 Å². The van der Waals surface area contributed by atoms with Gasteiger partial charge in [0.1, 0.15) is 6.61 Å². The number of aliphatic carboxylic acids is 1. The van der Waals surface area contributed by atoms with Gasteiger partial charge in [-0.1, -0.05) is 55.5 Å². The second-order valence-electron chi connectivity index (χ2n) is 9.41.